The minimum atomic E-state index is -0.469. The summed E-state index contributed by atoms with van der Waals surface area (Å²) >= 11 is 0. The van der Waals surface area contributed by atoms with Crippen LogP contribution >= 0.6 is 0 Å². The molecular formula is C18H25FN2O4. The van der Waals surface area contributed by atoms with Gasteiger partial charge in [-0.2, -0.15) is 0 Å². The van der Waals surface area contributed by atoms with Crippen LogP contribution in [0.2, 0.25) is 0 Å². The van der Waals surface area contributed by atoms with E-state index in [9.17, 15) is 14.0 Å². The summed E-state index contributed by atoms with van der Waals surface area (Å²) in [5.41, 5.74) is 1.22. The summed E-state index contributed by atoms with van der Waals surface area (Å²) in [6, 6.07) is 4.64. The van der Waals surface area contributed by atoms with Crippen molar-refractivity contribution in [2.45, 2.75) is 38.5 Å². The smallest absolute Gasteiger partial charge is 0.252 e. The number of ether oxygens (including phenoxy) is 2. The predicted octanol–water partition coefficient (Wildman–Crippen LogP) is 1.62. The number of carbonyl (C=O) groups excluding carboxylic acids is 2. The lowest BCUT2D eigenvalue weighted by Gasteiger charge is -2.23. The van der Waals surface area contributed by atoms with Gasteiger partial charge in [-0.1, -0.05) is 6.07 Å². The topological polar surface area (TPSA) is 67.9 Å². The first-order valence-corrected chi connectivity index (χ1v) is 8.39. The minimum absolute atomic E-state index is 0.00478. The van der Waals surface area contributed by atoms with Crippen LogP contribution in [-0.4, -0.2) is 50.1 Å². The molecule has 2 amide bonds. The Labute approximate surface area is 147 Å². The van der Waals surface area contributed by atoms with Crippen LogP contribution in [0.1, 0.15) is 30.4 Å². The lowest BCUT2D eigenvalue weighted by molar-refractivity contribution is -0.144. The molecule has 138 valence electrons. The molecule has 0 radical (unpaired) electrons. The fourth-order valence-electron chi connectivity index (χ4n) is 2.88. The number of carbonyl (C=O) groups is 2. The van der Waals surface area contributed by atoms with Crippen molar-refractivity contribution in [1.29, 1.82) is 0 Å². The number of nitrogens with zero attached hydrogens (tertiary/aromatic N) is 1. The summed E-state index contributed by atoms with van der Waals surface area (Å²) in [5.74, 6) is -0.722. The van der Waals surface area contributed by atoms with Gasteiger partial charge in [0.25, 0.3) is 5.91 Å². The van der Waals surface area contributed by atoms with Crippen molar-refractivity contribution >= 4 is 11.8 Å². The fraction of sp³-hybridized carbons (Fsp3) is 0.556. The van der Waals surface area contributed by atoms with Crippen LogP contribution in [-0.2, 0) is 32.2 Å². The third-order valence-electron chi connectivity index (χ3n) is 4.25. The van der Waals surface area contributed by atoms with E-state index in [1.54, 1.807) is 12.1 Å². The van der Waals surface area contributed by atoms with Crippen molar-refractivity contribution in [2.24, 2.45) is 0 Å². The molecule has 1 aliphatic rings. The molecule has 1 atom stereocenters. The van der Waals surface area contributed by atoms with Crippen LogP contribution in [0.4, 0.5) is 4.39 Å². The second-order valence-corrected chi connectivity index (χ2v) is 6.12. The van der Waals surface area contributed by atoms with E-state index in [0.717, 1.165) is 18.4 Å². The number of benzene rings is 1. The zero-order chi connectivity index (χ0) is 18.2. The molecule has 1 aromatic rings. The highest BCUT2D eigenvalue weighted by atomic mass is 19.1. The van der Waals surface area contributed by atoms with Crippen LogP contribution < -0.4 is 5.32 Å². The molecule has 1 N–H and O–H groups in total. The maximum atomic E-state index is 13.6. The Balaban J connectivity index is 1.89. The summed E-state index contributed by atoms with van der Waals surface area (Å²) in [6.45, 7) is 1.01. The van der Waals surface area contributed by atoms with Crippen molar-refractivity contribution in [1.82, 2.24) is 10.2 Å². The Bertz CT molecular complexity index is 609. The molecule has 1 aromatic carbocycles. The fourth-order valence-corrected chi connectivity index (χ4v) is 2.88. The number of halogens is 1. The molecule has 25 heavy (non-hydrogen) atoms. The molecule has 2 rings (SSSR count). The third-order valence-corrected chi connectivity index (χ3v) is 4.25. The molecule has 1 aliphatic heterocycles. The SMILES string of the molecule is COCc1cc(CNC(=O)CN2CCCCC(OC)C2=O)ccc1F. The normalized spacial score (nSPS) is 18.1. The standard InChI is InChI=1S/C18H25FN2O4/c1-24-12-14-9-13(6-7-15(14)19)10-20-17(22)11-21-8-4-3-5-16(25-2)18(21)23/h6-7,9,16H,3-5,8,10-12H2,1-2H3,(H,20,22). The lowest BCUT2D eigenvalue weighted by Crippen LogP contribution is -2.44. The third kappa shape index (κ3) is 5.51. The average Bonchev–Trinajstić information content (AvgIpc) is 2.77. The Morgan fingerprint density at radius 3 is 2.88 bits per heavy atom. The lowest BCUT2D eigenvalue weighted by atomic mass is 10.1. The highest BCUT2D eigenvalue weighted by molar-refractivity contribution is 5.87. The first kappa shape index (κ1) is 19.3. The van der Waals surface area contributed by atoms with Gasteiger partial charge in [-0.15, -0.1) is 0 Å². The van der Waals surface area contributed by atoms with E-state index in [1.165, 1.54) is 25.2 Å². The number of amides is 2. The Hall–Kier alpha value is -1.99. The Kier molecular flexibility index (Phi) is 7.33. The van der Waals surface area contributed by atoms with E-state index in [2.05, 4.69) is 5.32 Å². The molecule has 0 saturated carbocycles. The molecule has 1 unspecified atom stereocenters. The van der Waals surface area contributed by atoms with E-state index < -0.39 is 6.10 Å². The predicted molar refractivity (Wildman–Crippen MR) is 90.2 cm³/mol. The molecular weight excluding hydrogens is 327 g/mol. The molecule has 7 heteroatoms. The molecule has 0 bridgehead atoms. The zero-order valence-electron chi connectivity index (χ0n) is 14.7. The Morgan fingerprint density at radius 1 is 1.36 bits per heavy atom. The van der Waals surface area contributed by atoms with Gasteiger partial charge in [0, 0.05) is 32.9 Å². The van der Waals surface area contributed by atoms with Crippen molar-refractivity contribution in [3.63, 3.8) is 0 Å². The molecule has 0 aromatic heterocycles. The van der Waals surface area contributed by atoms with Crippen molar-refractivity contribution in [3.8, 4) is 0 Å². The molecule has 1 heterocycles. The van der Waals surface area contributed by atoms with Gasteiger partial charge in [0.1, 0.15) is 11.9 Å². The second-order valence-electron chi connectivity index (χ2n) is 6.12. The van der Waals surface area contributed by atoms with Crippen molar-refractivity contribution in [3.05, 3.63) is 35.1 Å². The van der Waals surface area contributed by atoms with E-state index in [4.69, 9.17) is 9.47 Å². The van der Waals surface area contributed by atoms with Gasteiger partial charge in [-0.05, 0) is 37.0 Å². The molecule has 0 aliphatic carbocycles. The number of hydrogen-bond acceptors (Lipinski definition) is 4. The van der Waals surface area contributed by atoms with Gasteiger partial charge in [-0.25, -0.2) is 4.39 Å². The summed E-state index contributed by atoms with van der Waals surface area (Å²) in [6.07, 6.45) is 1.98. The van der Waals surface area contributed by atoms with Crippen LogP contribution in [0.3, 0.4) is 0 Å². The van der Waals surface area contributed by atoms with Gasteiger partial charge in [-0.3, -0.25) is 9.59 Å². The maximum Gasteiger partial charge on any atom is 0.252 e. The van der Waals surface area contributed by atoms with E-state index in [1.807, 2.05) is 0 Å². The molecule has 1 fully saturated rings. The van der Waals surface area contributed by atoms with Gasteiger partial charge in [0.2, 0.25) is 5.91 Å². The first-order chi connectivity index (χ1) is 12.0. The summed E-state index contributed by atoms with van der Waals surface area (Å²) in [5, 5.41) is 2.77. The monoisotopic (exact) mass is 352 g/mol. The minimum Gasteiger partial charge on any atom is -0.380 e. The highest BCUT2D eigenvalue weighted by Crippen LogP contribution is 2.14. The second kappa shape index (κ2) is 9.48. The maximum absolute atomic E-state index is 13.6. The quantitative estimate of drug-likeness (QED) is 0.810. The summed E-state index contributed by atoms with van der Waals surface area (Å²) < 4.78 is 23.7. The highest BCUT2D eigenvalue weighted by Gasteiger charge is 2.27. The van der Waals surface area contributed by atoms with E-state index in [0.29, 0.717) is 18.5 Å². The summed E-state index contributed by atoms with van der Waals surface area (Å²) in [7, 11) is 3.01. The molecule has 6 nitrogen and oxygen atoms in total. The number of likely N-dealkylation sites (tertiary alicyclic amines) is 1. The average molecular weight is 352 g/mol. The van der Waals surface area contributed by atoms with Crippen LogP contribution in [0, 0.1) is 5.82 Å². The van der Waals surface area contributed by atoms with Gasteiger partial charge in [0.15, 0.2) is 0 Å². The largest absolute Gasteiger partial charge is 0.380 e. The van der Waals surface area contributed by atoms with E-state index in [-0.39, 0.29) is 37.3 Å². The van der Waals surface area contributed by atoms with Gasteiger partial charge >= 0.3 is 0 Å². The Morgan fingerprint density at radius 2 is 2.16 bits per heavy atom. The van der Waals surface area contributed by atoms with Crippen LogP contribution in [0.5, 0.6) is 0 Å². The molecule has 0 spiro atoms. The zero-order valence-corrected chi connectivity index (χ0v) is 14.7. The van der Waals surface area contributed by atoms with Gasteiger partial charge < -0.3 is 19.7 Å². The summed E-state index contributed by atoms with van der Waals surface area (Å²) in [4.78, 5) is 26.0. The first-order valence-electron chi connectivity index (χ1n) is 8.39. The van der Waals surface area contributed by atoms with Crippen LogP contribution in [0.15, 0.2) is 18.2 Å². The number of methoxy groups -OCH3 is 2. The molecule has 1 saturated heterocycles. The number of nitrogens with one attached hydrogen (secondary N) is 1. The number of hydrogen-bond donors (Lipinski definition) is 1. The van der Waals surface area contributed by atoms with E-state index >= 15 is 0 Å². The van der Waals surface area contributed by atoms with Crippen molar-refractivity contribution in [2.75, 3.05) is 27.3 Å². The number of rotatable bonds is 7. The van der Waals surface area contributed by atoms with Crippen molar-refractivity contribution < 1.29 is 23.5 Å². The van der Waals surface area contributed by atoms with Crippen LogP contribution in [0.25, 0.3) is 0 Å². The van der Waals surface area contributed by atoms with Gasteiger partial charge in [0.05, 0.1) is 13.2 Å².